The third-order valence-corrected chi connectivity index (χ3v) is 5.19. The lowest BCUT2D eigenvalue weighted by molar-refractivity contribution is 0.0995. The van der Waals surface area contributed by atoms with E-state index in [4.69, 9.17) is 0 Å². The van der Waals surface area contributed by atoms with Crippen molar-refractivity contribution in [2.45, 2.75) is 43.1 Å². The van der Waals surface area contributed by atoms with Crippen LogP contribution in [-0.2, 0) is 0 Å². The van der Waals surface area contributed by atoms with Crippen molar-refractivity contribution in [2.75, 3.05) is 0 Å². The van der Waals surface area contributed by atoms with Crippen LogP contribution in [0, 0.1) is 6.92 Å². The van der Waals surface area contributed by atoms with Crippen molar-refractivity contribution in [3.05, 3.63) is 35.5 Å². The van der Waals surface area contributed by atoms with Crippen LogP contribution in [-0.4, -0.2) is 36.2 Å². The second-order valence-corrected chi connectivity index (χ2v) is 7.24. The predicted octanol–water partition coefficient (Wildman–Crippen LogP) is 3.16. The van der Waals surface area contributed by atoms with Crippen molar-refractivity contribution in [2.24, 2.45) is 0 Å². The number of benzene rings is 1. The number of fused-ring (bicyclic) bond motifs is 1. The third-order valence-electron chi connectivity index (χ3n) is 4.15. The quantitative estimate of drug-likeness (QED) is 0.575. The number of H-pyrrole nitrogens is 1. The van der Waals surface area contributed by atoms with Gasteiger partial charge < -0.3 is 4.98 Å². The van der Waals surface area contributed by atoms with Gasteiger partial charge >= 0.3 is 0 Å². The molecule has 1 aromatic carbocycles. The lowest BCUT2D eigenvalue weighted by Crippen LogP contribution is -2.15. The largest absolute Gasteiger partial charge is 0.358 e. The number of aromatic amines is 1. The molecule has 1 saturated carbocycles. The van der Waals surface area contributed by atoms with E-state index in [-0.39, 0.29) is 11.0 Å². The van der Waals surface area contributed by atoms with Gasteiger partial charge in [0.2, 0.25) is 5.16 Å². The van der Waals surface area contributed by atoms with E-state index in [0.29, 0.717) is 6.04 Å². The summed E-state index contributed by atoms with van der Waals surface area (Å²) in [7, 11) is 0. The Morgan fingerprint density at radius 1 is 1.39 bits per heavy atom. The highest BCUT2D eigenvalue weighted by molar-refractivity contribution is 8.00. The summed E-state index contributed by atoms with van der Waals surface area (Å²) in [4.78, 5) is 16.2. The van der Waals surface area contributed by atoms with Crippen molar-refractivity contribution in [1.29, 1.82) is 0 Å². The minimum absolute atomic E-state index is 0.107. The van der Waals surface area contributed by atoms with Gasteiger partial charge in [0.1, 0.15) is 0 Å². The summed E-state index contributed by atoms with van der Waals surface area (Å²) < 4.78 is 1.84. The van der Waals surface area contributed by atoms with Crippen molar-refractivity contribution >= 4 is 28.4 Å². The minimum Gasteiger partial charge on any atom is -0.358 e. The second kappa shape index (κ2) is 5.49. The fraction of sp³-hybridized carbons (Fsp3) is 0.375. The van der Waals surface area contributed by atoms with Crippen LogP contribution in [0.1, 0.15) is 41.9 Å². The Kier molecular flexibility index (Phi) is 3.45. The van der Waals surface area contributed by atoms with Gasteiger partial charge in [-0.1, -0.05) is 30.0 Å². The molecule has 0 unspecified atom stereocenters. The zero-order chi connectivity index (χ0) is 16.0. The number of para-hydroxylation sites is 1. The van der Waals surface area contributed by atoms with Crippen LogP contribution < -0.4 is 0 Å². The van der Waals surface area contributed by atoms with E-state index in [0.717, 1.165) is 40.2 Å². The van der Waals surface area contributed by atoms with Crippen molar-refractivity contribution < 1.29 is 4.79 Å². The highest BCUT2D eigenvalue weighted by Crippen LogP contribution is 2.37. The standard InChI is InChI=1S/C16H17N5OS/c1-9-14(12-5-3-4-6-13(12)17-9)15(22)10(2)23-16-18-19-20-21(16)11-7-8-11/h3-6,10-11,17H,7-8H2,1-2H3/t10-/m0/s1. The molecule has 0 radical (unpaired) electrons. The molecule has 7 heteroatoms. The number of carbonyl (C=O) groups excluding carboxylic acids is 1. The number of aryl methyl sites for hydroxylation is 1. The number of tetrazole rings is 1. The van der Waals surface area contributed by atoms with Gasteiger partial charge in [-0.3, -0.25) is 4.79 Å². The average molecular weight is 327 g/mol. The Bertz CT molecular complexity index is 880. The highest BCUT2D eigenvalue weighted by atomic mass is 32.2. The summed E-state index contributed by atoms with van der Waals surface area (Å²) in [5, 5.41) is 13.3. The molecular weight excluding hydrogens is 310 g/mol. The molecule has 0 aliphatic heterocycles. The predicted molar refractivity (Wildman–Crippen MR) is 88.8 cm³/mol. The summed E-state index contributed by atoms with van der Waals surface area (Å²) in [6.07, 6.45) is 2.23. The molecule has 1 N–H and O–H groups in total. The minimum atomic E-state index is -0.239. The first-order chi connectivity index (χ1) is 11.1. The van der Waals surface area contributed by atoms with E-state index in [1.807, 2.05) is 42.8 Å². The first-order valence-electron chi connectivity index (χ1n) is 7.71. The molecule has 23 heavy (non-hydrogen) atoms. The fourth-order valence-electron chi connectivity index (χ4n) is 2.82. The number of nitrogens with zero attached hydrogens (tertiary/aromatic N) is 4. The van der Waals surface area contributed by atoms with E-state index in [1.165, 1.54) is 11.8 Å². The maximum absolute atomic E-state index is 12.9. The van der Waals surface area contributed by atoms with E-state index >= 15 is 0 Å². The topological polar surface area (TPSA) is 76.5 Å². The Morgan fingerprint density at radius 3 is 2.96 bits per heavy atom. The Morgan fingerprint density at radius 2 is 2.17 bits per heavy atom. The number of thioether (sulfide) groups is 1. The van der Waals surface area contributed by atoms with E-state index < -0.39 is 0 Å². The molecule has 1 atom stereocenters. The van der Waals surface area contributed by atoms with Crippen molar-refractivity contribution in [1.82, 2.24) is 25.2 Å². The molecule has 1 aliphatic carbocycles. The lowest BCUT2D eigenvalue weighted by Gasteiger charge is -2.10. The van der Waals surface area contributed by atoms with Crippen LogP contribution in [0.2, 0.25) is 0 Å². The van der Waals surface area contributed by atoms with Gasteiger partial charge in [0.15, 0.2) is 5.78 Å². The van der Waals surface area contributed by atoms with Crippen LogP contribution in [0.3, 0.4) is 0 Å². The molecule has 4 rings (SSSR count). The molecule has 2 aromatic heterocycles. The van der Waals surface area contributed by atoms with Gasteiger partial charge in [-0.15, -0.1) is 5.10 Å². The van der Waals surface area contributed by atoms with Crippen LogP contribution >= 0.6 is 11.8 Å². The summed E-state index contributed by atoms with van der Waals surface area (Å²) in [5.41, 5.74) is 2.67. The first-order valence-corrected chi connectivity index (χ1v) is 8.59. The average Bonchev–Trinajstić information content (AvgIpc) is 3.19. The van der Waals surface area contributed by atoms with E-state index in [1.54, 1.807) is 0 Å². The van der Waals surface area contributed by atoms with Crippen LogP contribution in [0.5, 0.6) is 0 Å². The number of carbonyl (C=O) groups is 1. The van der Waals surface area contributed by atoms with Gasteiger partial charge in [0.25, 0.3) is 0 Å². The molecule has 118 valence electrons. The Labute approximate surface area is 137 Å². The summed E-state index contributed by atoms with van der Waals surface area (Å²) in [5.74, 6) is 0.107. The van der Waals surface area contributed by atoms with Crippen LogP contribution in [0.4, 0.5) is 0 Å². The molecule has 1 aliphatic rings. The normalized spacial score (nSPS) is 15.9. The van der Waals surface area contributed by atoms with Gasteiger partial charge in [-0.05, 0) is 43.2 Å². The number of rotatable bonds is 5. The van der Waals surface area contributed by atoms with Crippen LogP contribution in [0.15, 0.2) is 29.4 Å². The van der Waals surface area contributed by atoms with Crippen LogP contribution in [0.25, 0.3) is 10.9 Å². The molecule has 2 heterocycles. The van der Waals surface area contributed by atoms with Gasteiger partial charge in [0, 0.05) is 22.2 Å². The number of aromatic nitrogens is 5. The molecular formula is C16H17N5OS. The van der Waals surface area contributed by atoms with E-state index in [2.05, 4.69) is 20.5 Å². The molecule has 0 saturated heterocycles. The molecule has 6 nitrogen and oxygen atoms in total. The zero-order valence-electron chi connectivity index (χ0n) is 13.0. The number of hydrogen-bond donors (Lipinski definition) is 1. The van der Waals surface area contributed by atoms with Crippen molar-refractivity contribution in [3.8, 4) is 0 Å². The smallest absolute Gasteiger partial charge is 0.210 e. The van der Waals surface area contributed by atoms with Crippen molar-refractivity contribution in [3.63, 3.8) is 0 Å². The number of nitrogens with one attached hydrogen (secondary N) is 1. The SMILES string of the molecule is Cc1[nH]c2ccccc2c1C(=O)[C@H](C)Sc1nnnn1C1CC1. The fourth-order valence-corrected chi connectivity index (χ4v) is 3.74. The second-order valence-electron chi connectivity index (χ2n) is 5.93. The summed E-state index contributed by atoms with van der Waals surface area (Å²) in [6.45, 7) is 3.86. The maximum atomic E-state index is 12.9. The molecule has 3 aromatic rings. The summed E-state index contributed by atoms with van der Waals surface area (Å²) in [6, 6.07) is 8.30. The Hall–Kier alpha value is -2.15. The van der Waals surface area contributed by atoms with Gasteiger partial charge in [0.05, 0.1) is 11.3 Å². The van der Waals surface area contributed by atoms with Gasteiger partial charge in [-0.25, -0.2) is 4.68 Å². The number of Topliss-reactive ketones (excluding diaryl/α,β-unsaturated/α-hetero) is 1. The number of ketones is 1. The monoisotopic (exact) mass is 327 g/mol. The lowest BCUT2D eigenvalue weighted by atomic mass is 10.1. The molecule has 0 amide bonds. The number of hydrogen-bond acceptors (Lipinski definition) is 5. The highest BCUT2D eigenvalue weighted by Gasteiger charge is 2.30. The molecule has 0 bridgehead atoms. The first kappa shape index (κ1) is 14.4. The maximum Gasteiger partial charge on any atom is 0.210 e. The summed E-state index contributed by atoms with van der Waals surface area (Å²) >= 11 is 1.43. The van der Waals surface area contributed by atoms with E-state index in [9.17, 15) is 4.79 Å². The molecule has 1 fully saturated rings. The molecule has 0 spiro atoms. The van der Waals surface area contributed by atoms with Gasteiger partial charge in [-0.2, -0.15) is 0 Å². The third kappa shape index (κ3) is 2.55. The zero-order valence-corrected chi connectivity index (χ0v) is 13.8. The Balaban J connectivity index is 1.62.